The molecule has 1 unspecified atom stereocenters. The van der Waals surface area contributed by atoms with Crippen molar-refractivity contribution >= 4 is 22.4 Å². The van der Waals surface area contributed by atoms with Gasteiger partial charge >= 0.3 is 0 Å². The minimum Gasteiger partial charge on any atom is -0.481 e. The minimum absolute atomic E-state index is 0.195. The number of nitrogens with one attached hydrogen (secondary N) is 1. The molecule has 132 valence electrons. The molecular formula is C21H19NO4. The van der Waals surface area contributed by atoms with Gasteiger partial charge in [0.25, 0.3) is 5.91 Å². The standard InChI is InChI=1S/C21H19NO4/c1-2-18(26-17-9-7-14-5-3-4-6-15(14)11-17)21(23)22-16-8-10-19-20(12-16)25-13-24-19/h3-12,18H,2,13H2,1H3,(H,22,23). The van der Waals surface area contributed by atoms with Crippen LogP contribution in [0.1, 0.15) is 13.3 Å². The van der Waals surface area contributed by atoms with E-state index < -0.39 is 6.10 Å². The molecule has 0 bridgehead atoms. The van der Waals surface area contributed by atoms with Crippen LogP contribution >= 0.6 is 0 Å². The van der Waals surface area contributed by atoms with Gasteiger partial charge in [-0.05, 0) is 41.5 Å². The van der Waals surface area contributed by atoms with Gasteiger partial charge in [0.2, 0.25) is 6.79 Å². The predicted octanol–water partition coefficient (Wildman–Crippen LogP) is 4.36. The molecule has 1 aliphatic heterocycles. The molecule has 5 heteroatoms. The summed E-state index contributed by atoms with van der Waals surface area (Å²) < 4.78 is 16.6. The van der Waals surface area contributed by atoms with Crippen LogP contribution in [0.5, 0.6) is 17.2 Å². The topological polar surface area (TPSA) is 56.8 Å². The van der Waals surface area contributed by atoms with E-state index in [1.807, 2.05) is 49.4 Å². The Kier molecular flexibility index (Phi) is 4.35. The molecule has 3 aromatic carbocycles. The van der Waals surface area contributed by atoms with Gasteiger partial charge in [0.15, 0.2) is 17.6 Å². The minimum atomic E-state index is -0.582. The Hall–Kier alpha value is -3.21. The molecule has 0 aromatic heterocycles. The molecule has 1 atom stereocenters. The summed E-state index contributed by atoms with van der Waals surface area (Å²) in [6.45, 7) is 2.13. The summed E-state index contributed by atoms with van der Waals surface area (Å²) >= 11 is 0. The third-order valence-corrected chi connectivity index (χ3v) is 4.30. The molecule has 4 rings (SSSR count). The van der Waals surface area contributed by atoms with Gasteiger partial charge in [-0.25, -0.2) is 0 Å². The van der Waals surface area contributed by atoms with E-state index >= 15 is 0 Å². The number of ether oxygens (including phenoxy) is 3. The van der Waals surface area contributed by atoms with E-state index in [9.17, 15) is 4.79 Å². The van der Waals surface area contributed by atoms with Crippen molar-refractivity contribution in [2.24, 2.45) is 0 Å². The van der Waals surface area contributed by atoms with Crippen molar-refractivity contribution in [2.45, 2.75) is 19.4 Å². The summed E-state index contributed by atoms with van der Waals surface area (Å²) in [4.78, 5) is 12.6. The van der Waals surface area contributed by atoms with Gasteiger partial charge in [0.1, 0.15) is 5.75 Å². The number of amides is 1. The molecule has 0 spiro atoms. The fourth-order valence-corrected chi connectivity index (χ4v) is 2.92. The maximum atomic E-state index is 12.6. The van der Waals surface area contributed by atoms with Crippen molar-refractivity contribution in [1.82, 2.24) is 0 Å². The molecular weight excluding hydrogens is 330 g/mol. The Bertz CT molecular complexity index is 954. The van der Waals surface area contributed by atoms with E-state index in [-0.39, 0.29) is 12.7 Å². The first-order chi connectivity index (χ1) is 12.7. The Balaban J connectivity index is 1.48. The third-order valence-electron chi connectivity index (χ3n) is 4.30. The van der Waals surface area contributed by atoms with Gasteiger partial charge in [0.05, 0.1) is 0 Å². The van der Waals surface area contributed by atoms with Crippen LogP contribution < -0.4 is 19.5 Å². The van der Waals surface area contributed by atoms with Crippen molar-refractivity contribution in [1.29, 1.82) is 0 Å². The fourth-order valence-electron chi connectivity index (χ4n) is 2.92. The normalized spacial score (nSPS) is 13.4. The summed E-state index contributed by atoms with van der Waals surface area (Å²) in [6, 6.07) is 19.2. The smallest absolute Gasteiger partial charge is 0.265 e. The summed E-state index contributed by atoms with van der Waals surface area (Å²) in [7, 11) is 0. The SMILES string of the molecule is CCC(Oc1ccc2ccccc2c1)C(=O)Nc1ccc2c(c1)OCO2. The number of anilines is 1. The van der Waals surface area contributed by atoms with Gasteiger partial charge < -0.3 is 19.5 Å². The van der Waals surface area contributed by atoms with Crippen molar-refractivity contribution in [3.8, 4) is 17.2 Å². The number of hydrogen-bond acceptors (Lipinski definition) is 4. The van der Waals surface area contributed by atoms with E-state index in [0.717, 1.165) is 10.8 Å². The van der Waals surface area contributed by atoms with Crippen molar-refractivity contribution in [2.75, 3.05) is 12.1 Å². The summed E-state index contributed by atoms with van der Waals surface area (Å²) in [6.07, 6.45) is -0.0231. The molecule has 0 aliphatic carbocycles. The quantitative estimate of drug-likeness (QED) is 0.743. The fraction of sp³-hybridized carbons (Fsp3) is 0.190. The predicted molar refractivity (Wildman–Crippen MR) is 99.8 cm³/mol. The van der Waals surface area contributed by atoms with Crippen molar-refractivity contribution < 1.29 is 19.0 Å². The largest absolute Gasteiger partial charge is 0.481 e. The highest BCUT2D eigenvalue weighted by atomic mass is 16.7. The van der Waals surface area contributed by atoms with Gasteiger partial charge in [-0.15, -0.1) is 0 Å². The van der Waals surface area contributed by atoms with Gasteiger partial charge in [0, 0.05) is 11.8 Å². The zero-order chi connectivity index (χ0) is 17.9. The Labute approximate surface area is 151 Å². The monoisotopic (exact) mass is 349 g/mol. The first-order valence-electron chi connectivity index (χ1n) is 8.59. The van der Waals surface area contributed by atoms with Gasteiger partial charge in [-0.2, -0.15) is 0 Å². The Morgan fingerprint density at radius 1 is 1.04 bits per heavy atom. The molecule has 0 fully saturated rings. The maximum Gasteiger partial charge on any atom is 0.265 e. The highest BCUT2D eigenvalue weighted by molar-refractivity contribution is 5.94. The number of fused-ring (bicyclic) bond motifs is 2. The third kappa shape index (κ3) is 3.28. The number of benzene rings is 3. The first-order valence-corrected chi connectivity index (χ1v) is 8.59. The molecule has 0 radical (unpaired) electrons. The maximum absolute atomic E-state index is 12.6. The number of hydrogen-bond donors (Lipinski definition) is 1. The van der Waals surface area contributed by atoms with Crippen molar-refractivity contribution in [3.63, 3.8) is 0 Å². The molecule has 0 saturated heterocycles. The van der Waals surface area contributed by atoms with Crippen LogP contribution in [-0.4, -0.2) is 18.8 Å². The lowest BCUT2D eigenvalue weighted by atomic mass is 10.1. The van der Waals surface area contributed by atoms with Crippen LogP contribution in [0.25, 0.3) is 10.8 Å². The van der Waals surface area contributed by atoms with Gasteiger partial charge in [-0.3, -0.25) is 4.79 Å². The van der Waals surface area contributed by atoms with E-state index in [1.165, 1.54) is 0 Å². The zero-order valence-electron chi connectivity index (χ0n) is 14.4. The number of rotatable bonds is 5. The van der Waals surface area contributed by atoms with Crippen LogP contribution in [0.3, 0.4) is 0 Å². The average molecular weight is 349 g/mol. The van der Waals surface area contributed by atoms with Crippen LogP contribution in [0.2, 0.25) is 0 Å². The lowest BCUT2D eigenvalue weighted by Crippen LogP contribution is -2.32. The van der Waals surface area contributed by atoms with Crippen LogP contribution in [0, 0.1) is 0 Å². The lowest BCUT2D eigenvalue weighted by Gasteiger charge is -2.18. The molecule has 26 heavy (non-hydrogen) atoms. The molecule has 0 saturated carbocycles. The molecule has 1 N–H and O–H groups in total. The van der Waals surface area contributed by atoms with E-state index in [1.54, 1.807) is 18.2 Å². The Morgan fingerprint density at radius 2 is 1.85 bits per heavy atom. The van der Waals surface area contributed by atoms with E-state index in [2.05, 4.69) is 5.32 Å². The molecule has 1 heterocycles. The second-order valence-electron chi connectivity index (χ2n) is 6.08. The van der Waals surface area contributed by atoms with Crippen LogP contribution in [0.4, 0.5) is 5.69 Å². The van der Waals surface area contributed by atoms with Crippen molar-refractivity contribution in [3.05, 3.63) is 60.7 Å². The van der Waals surface area contributed by atoms with E-state index in [0.29, 0.717) is 29.4 Å². The van der Waals surface area contributed by atoms with Crippen LogP contribution in [0.15, 0.2) is 60.7 Å². The highest BCUT2D eigenvalue weighted by Crippen LogP contribution is 2.34. The second-order valence-corrected chi connectivity index (χ2v) is 6.08. The Morgan fingerprint density at radius 3 is 2.69 bits per heavy atom. The summed E-state index contributed by atoms with van der Waals surface area (Å²) in [5.41, 5.74) is 0.653. The molecule has 1 aliphatic rings. The number of carbonyl (C=O) groups excluding carboxylic acids is 1. The van der Waals surface area contributed by atoms with E-state index in [4.69, 9.17) is 14.2 Å². The van der Waals surface area contributed by atoms with Gasteiger partial charge in [-0.1, -0.05) is 37.3 Å². The second kappa shape index (κ2) is 6.96. The molecule has 1 amide bonds. The zero-order valence-corrected chi connectivity index (χ0v) is 14.4. The lowest BCUT2D eigenvalue weighted by molar-refractivity contribution is -0.122. The highest BCUT2D eigenvalue weighted by Gasteiger charge is 2.20. The number of carbonyl (C=O) groups is 1. The summed E-state index contributed by atoms with van der Waals surface area (Å²) in [5.74, 6) is 1.80. The first kappa shape index (κ1) is 16.3. The molecule has 3 aromatic rings. The molecule has 5 nitrogen and oxygen atoms in total. The average Bonchev–Trinajstić information content (AvgIpc) is 3.13. The van der Waals surface area contributed by atoms with Crippen LogP contribution in [-0.2, 0) is 4.79 Å². The summed E-state index contributed by atoms with van der Waals surface area (Å²) in [5, 5.41) is 5.10.